The number of methoxy groups -OCH3 is 1. The molecule has 0 bridgehead atoms. The number of benzene rings is 2. The van der Waals surface area contributed by atoms with Gasteiger partial charge in [-0.05, 0) is 49.6 Å². The molecule has 0 saturated carbocycles. The molecule has 158 valence electrons. The number of aromatic nitrogens is 4. The molecule has 1 atom stereocenters. The van der Waals surface area contributed by atoms with Crippen LogP contribution in [-0.4, -0.2) is 45.2 Å². The summed E-state index contributed by atoms with van der Waals surface area (Å²) in [4.78, 5) is 21.8. The lowest BCUT2D eigenvalue weighted by Gasteiger charge is -2.16. The normalized spacial score (nSPS) is 16.8. The molecule has 1 aliphatic rings. The van der Waals surface area contributed by atoms with Gasteiger partial charge in [0.2, 0.25) is 11.9 Å². The Bertz CT molecular complexity index is 1290. The maximum atomic E-state index is 14.4. The maximum Gasteiger partial charge on any atom is 0.242 e. The molecule has 8 nitrogen and oxygen atoms in total. The van der Waals surface area contributed by atoms with Gasteiger partial charge in [0.05, 0.1) is 18.2 Å². The van der Waals surface area contributed by atoms with Crippen molar-refractivity contribution in [2.75, 3.05) is 19.0 Å². The first kappa shape index (κ1) is 19.2. The number of anilines is 1. The van der Waals surface area contributed by atoms with E-state index in [4.69, 9.17) is 4.74 Å². The van der Waals surface area contributed by atoms with Gasteiger partial charge in [0.1, 0.15) is 17.6 Å². The van der Waals surface area contributed by atoms with Gasteiger partial charge < -0.3 is 15.4 Å². The molecule has 0 spiro atoms. The van der Waals surface area contributed by atoms with Crippen LogP contribution in [0.5, 0.6) is 5.75 Å². The standard InChI is InChI=1S/C22H21FN6O2/c1-31-13-9-10-17-15(12-13)20-27-19(14-6-2-3-7-16(14)23)28-29(20)22(25-17)26-18-8-4-5-11-24-21(18)30/h2-3,6-7,9-10,12,18H,4-5,8,11H2,1H3,(H,24,30)(H,25,26)/t18-/m1/s1. The fraction of sp³-hybridized carbons (Fsp3) is 0.273. The van der Waals surface area contributed by atoms with Gasteiger partial charge in [0.15, 0.2) is 11.5 Å². The lowest BCUT2D eigenvalue weighted by molar-refractivity contribution is -0.121. The summed E-state index contributed by atoms with van der Waals surface area (Å²) in [6, 6.07) is 11.4. The number of carbonyl (C=O) groups is 1. The van der Waals surface area contributed by atoms with E-state index in [9.17, 15) is 9.18 Å². The van der Waals surface area contributed by atoms with Gasteiger partial charge in [-0.15, -0.1) is 5.10 Å². The van der Waals surface area contributed by atoms with E-state index in [0.717, 1.165) is 12.8 Å². The summed E-state index contributed by atoms with van der Waals surface area (Å²) in [6.07, 6.45) is 2.54. The zero-order chi connectivity index (χ0) is 21.4. The van der Waals surface area contributed by atoms with E-state index < -0.39 is 11.9 Å². The first-order valence-electron chi connectivity index (χ1n) is 10.2. The van der Waals surface area contributed by atoms with Crippen molar-refractivity contribution in [3.63, 3.8) is 0 Å². The molecule has 3 heterocycles. The third-order valence-electron chi connectivity index (χ3n) is 5.43. The van der Waals surface area contributed by atoms with Gasteiger partial charge in [-0.25, -0.2) is 14.4 Å². The van der Waals surface area contributed by atoms with Crippen LogP contribution in [0.1, 0.15) is 19.3 Å². The quantitative estimate of drug-likeness (QED) is 0.527. The monoisotopic (exact) mass is 420 g/mol. The number of hydrogen-bond donors (Lipinski definition) is 2. The molecule has 4 aromatic rings. The highest BCUT2D eigenvalue weighted by atomic mass is 19.1. The Morgan fingerprint density at radius 1 is 1.19 bits per heavy atom. The minimum absolute atomic E-state index is 0.0725. The smallest absolute Gasteiger partial charge is 0.242 e. The fourth-order valence-corrected chi connectivity index (χ4v) is 3.80. The first-order valence-corrected chi connectivity index (χ1v) is 10.2. The molecule has 9 heteroatoms. The van der Waals surface area contributed by atoms with Crippen LogP contribution in [0.3, 0.4) is 0 Å². The van der Waals surface area contributed by atoms with Gasteiger partial charge in [-0.1, -0.05) is 12.1 Å². The second-order valence-corrected chi connectivity index (χ2v) is 7.45. The summed E-state index contributed by atoms with van der Waals surface area (Å²) in [5, 5.41) is 11.4. The van der Waals surface area contributed by atoms with Crippen molar-refractivity contribution in [2.24, 2.45) is 0 Å². The molecule has 5 rings (SSSR count). The number of halogens is 1. The molecule has 0 radical (unpaired) electrons. The highest BCUT2D eigenvalue weighted by molar-refractivity contribution is 5.94. The molecule has 2 aromatic heterocycles. The van der Waals surface area contributed by atoms with Gasteiger partial charge in [-0.2, -0.15) is 4.52 Å². The van der Waals surface area contributed by atoms with Crippen LogP contribution in [-0.2, 0) is 4.79 Å². The lowest BCUT2D eigenvalue weighted by Crippen LogP contribution is -2.38. The number of amides is 1. The van der Waals surface area contributed by atoms with E-state index in [2.05, 4.69) is 25.7 Å². The largest absolute Gasteiger partial charge is 0.497 e. The van der Waals surface area contributed by atoms with Gasteiger partial charge in [0, 0.05) is 11.9 Å². The van der Waals surface area contributed by atoms with Crippen molar-refractivity contribution in [3.8, 4) is 17.1 Å². The SMILES string of the molecule is COc1ccc2nc(N[C@@H]3CCCCNC3=O)n3nc(-c4ccccc4F)nc3c2c1. The average molecular weight is 420 g/mol. The summed E-state index contributed by atoms with van der Waals surface area (Å²) in [5.41, 5.74) is 1.46. The molecular formula is C22H21FN6O2. The molecule has 31 heavy (non-hydrogen) atoms. The van der Waals surface area contributed by atoms with Crippen LogP contribution in [0.4, 0.5) is 10.3 Å². The number of rotatable bonds is 4. The number of hydrogen-bond acceptors (Lipinski definition) is 6. The minimum atomic E-state index is -0.435. The number of fused-ring (bicyclic) bond motifs is 3. The van der Waals surface area contributed by atoms with Crippen molar-refractivity contribution >= 4 is 28.4 Å². The Balaban J connectivity index is 1.70. The van der Waals surface area contributed by atoms with Crippen molar-refractivity contribution in [1.82, 2.24) is 24.9 Å². The highest BCUT2D eigenvalue weighted by Crippen LogP contribution is 2.28. The highest BCUT2D eigenvalue weighted by Gasteiger charge is 2.24. The summed E-state index contributed by atoms with van der Waals surface area (Å²) in [5.74, 6) is 0.784. The molecule has 1 amide bonds. The molecule has 2 aromatic carbocycles. The van der Waals surface area contributed by atoms with E-state index in [-0.39, 0.29) is 11.7 Å². The van der Waals surface area contributed by atoms with Crippen LogP contribution in [0.15, 0.2) is 42.5 Å². The number of carbonyl (C=O) groups excluding carboxylic acids is 1. The molecule has 1 saturated heterocycles. The number of nitrogens with zero attached hydrogens (tertiary/aromatic N) is 4. The molecule has 1 fully saturated rings. The van der Waals surface area contributed by atoms with Crippen molar-refractivity contribution < 1.29 is 13.9 Å². The lowest BCUT2D eigenvalue weighted by atomic mass is 10.1. The predicted molar refractivity (Wildman–Crippen MR) is 115 cm³/mol. The van der Waals surface area contributed by atoms with Crippen molar-refractivity contribution in [2.45, 2.75) is 25.3 Å². The number of nitrogens with one attached hydrogen (secondary N) is 2. The van der Waals surface area contributed by atoms with Crippen LogP contribution in [0.2, 0.25) is 0 Å². The van der Waals surface area contributed by atoms with Crippen LogP contribution in [0, 0.1) is 5.82 Å². The summed E-state index contributed by atoms with van der Waals surface area (Å²) < 4.78 is 21.3. The Morgan fingerprint density at radius 2 is 2.06 bits per heavy atom. The van der Waals surface area contributed by atoms with Crippen LogP contribution >= 0.6 is 0 Å². The molecule has 1 aliphatic heterocycles. The average Bonchev–Trinajstić information content (AvgIpc) is 3.14. The van der Waals surface area contributed by atoms with E-state index in [1.807, 2.05) is 18.2 Å². The molecule has 0 unspecified atom stereocenters. The fourth-order valence-electron chi connectivity index (χ4n) is 3.80. The zero-order valence-electron chi connectivity index (χ0n) is 16.9. The summed E-state index contributed by atoms with van der Waals surface area (Å²) >= 11 is 0. The second-order valence-electron chi connectivity index (χ2n) is 7.45. The van der Waals surface area contributed by atoms with Gasteiger partial charge >= 0.3 is 0 Å². The van der Waals surface area contributed by atoms with E-state index in [0.29, 0.717) is 46.8 Å². The third-order valence-corrected chi connectivity index (χ3v) is 5.43. The summed E-state index contributed by atoms with van der Waals surface area (Å²) in [6.45, 7) is 0.665. The van der Waals surface area contributed by atoms with Crippen LogP contribution in [0.25, 0.3) is 27.9 Å². The predicted octanol–water partition coefficient (Wildman–Crippen LogP) is 3.17. The van der Waals surface area contributed by atoms with E-state index >= 15 is 0 Å². The topological polar surface area (TPSA) is 93.4 Å². The Hall–Kier alpha value is -3.75. The van der Waals surface area contributed by atoms with Crippen molar-refractivity contribution in [1.29, 1.82) is 0 Å². The maximum absolute atomic E-state index is 14.4. The first-order chi connectivity index (χ1) is 15.1. The molecule has 2 N–H and O–H groups in total. The van der Waals surface area contributed by atoms with Gasteiger partial charge in [0.25, 0.3) is 0 Å². The van der Waals surface area contributed by atoms with Crippen molar-refractivity contribution in [3.05, 3.63) is 48.3 Å². The van der Waals surface area contributed by atoms with E-state index in [1.165, 1.54) is 10.6 Å². The summed E-state index contributed by atoms with van der Waals surface area (Å²) in [7, 11) is 1.58. The Kier molecular flexibility index (Phi) is 4.85. The molecule has 0 aliphatic carbocycles. The van der Waals surface area contributed by atoms with Gasteiger partial charge in [-0.3, -0.25) is 4.79 Å². The van der Waals surface area contributed by atoms with E-state index in [1.54, 1.807) is 25.3 Å². The zero-order valence-corrected chi connectivity index (χ0v) is 16.9. The third kappa shape index (κ3) is 3.52. The Morgan fingerprint density at radius 3 is 2.90 bits per heavy atom. The van der Waals surface area contributed by atoms with Crippen LogP contribution < -0.4 is 15.4 Å². The Labute approximate surface area is 177 Å². The molecular weight excluding hydrogens is 399 g/mol. The minimum Gasteiger partial charge on any atom is -0.497 e. The second kappa shape index (κ2) is 7.82. The number of ether oxygens (including phenoxy) is 1.